The minimum Gasteiger partial charge on any atom is -0.497 e. The van der Waals surface area contributed by atoms with E-state index >= 15 is 0 Å². The fourth-order valence-electron chi connectivity index (χ4n) is 4.29. The Bertz CT molecular complexity index is 835. The first kappa shape index (κ1) is 18.7. The van der Waals surface area contributed by atoms with Gasteiger partial charge >= 0.3 is 0 Å². The standard InChI is InChI=1S/C23H30N4O/c1-24-23(27-13-11-19-6-3-4-7-20(19)17-27)25-15-18-10-12-26(16-18)21-8-5-9-22(14-21)28-2/h3-9,14,18H,10-13,15-17H2,1-2H3,(H,24,25). The quantitative estimate of drug-likeness (QED) is 0.655. The summed E-state index contributed by atoms with van der Waals surface area (Å²) in [7, 11) is 3.61. The van der Waals surface area contributed by atoms with E-state index in [9.17, 15) is 0 Å². The molecule has 0 aliphatic carbocycles. The Labute approximate surface area is 168 Å². The molecule has 2 aromatic rings. The number of ether oxygens (including phenoxy) is 1. The molecule has 1 atom stereocenters. The molecule has 0 bridgehead atoms. The summed E-state index contributed by atoms with van der Waals surface area (Å²) < 4.78 is 5.37. The number of anilines is 1. The number of aliphatic imine (C=N–C) groups is 1. The predicted molar refractivity (Wildman–Crippen MR) is 115 cm³/mol. The number of methoxy groups -OCH3 is 1. The smallest absolute Gasteiger partial charge is 0.193 e. The minimum absolute atomic E-state index is 0.625. The van der Waals surface area contributed by atoms with Crippen molar-refractivity contribution < 1.29 is 4.74 Å². The summed E-state index contributed by atoms with van der Waals surface area (Å²) in [6.07, 6.45) is 2.29. The average molecular weight is 379 g/mol. The molecular formula is C23H30N4O. The van der Waals surface area contributed by atoms with Crippen LogP contribution in [-0.2, 0) is 13.0 Å². The van der Waals surface area contributed by atoms with Gasteiger partial charge in [-0.1, -0.05) is 30.3 Å². The number of fused-ring (bicyclic) bond motifs is 1. The summed E-state index contributed by atoms with van der Waals surface area (Å²) in [5.74, 6) is 2.57. The predicted octanol–water partition coefficient (Wildman–Crippen LogP) is 3.16. The van der Waals surface area contributed by atoms with Crippen LogP contribution < -0.4 is 15.0 Å². The Morgan fingerprint density at radius 2 is 2.00 bits per heavy atom. The first-order valence-corrected chi connectivity index (χ1v) is 10.2. The fourth-order valence-corrected chi connectivity index (χ4v) is 4.29. The van der Waals surface area contributed by atoms with E-state index in [0.29, 0.717) is 5.92 Å². The largest absolute Gasteiger partial charge is 0.497 e. The van der Waals surface area contributed by atoms with Crippen molar-refractivity contribution in [1.29, 1.82) is 0 Å². The summed E-state index contributed by atoms with van der Waals surface area (Å²) in [6.45, 7) is 5.09. The van der Waals surface area contributed by atoms with Gasteiger partial charge in [0.2, 0.25) is 0 Å². The van der Waals surface area contributed by atoms with E-state index in [1.54, 1.807) is 7.11 Å². The summed E-state index contributed by atoms with van der Waals surface area (Å²) in [5, 5.41) is 3.63. The maximum absolute atomic E-state index is 5.37. The number of guanidine groups is 1. The topological polar surface area (TPSA) is 40.1 Å². The van der Waals surface area contributed by atoms with Crippen LogP contribution in [0.1, 0.15) is 17.5 Å². The zero-order valence-electron chi connectivity index (χ0n) is 16.9. The lowest BCUT2D eigenvalue weighted by molar-refractivity contribution is 0.374. The monoisotopic (exact) mass is 378 g/mol. The van der Waals surface area contributed by atoms with Crippen LogP contribution in [0, 0.1) is 5.92 Å². The van der Waals surface area contributed by atoms with Gasteiger partial charge in [-0.05, 0) is 42.0 Å². The van der Waals surface area contributed by atoms with Gasteiger partial charge in [0.1, 0.15) is 5.75 Å². The zero-order valence-corrected chi connectivity index (χ0v) is 16.9. The SMILES string of the molecule is CN=C(NCC1CCN(c2cccc(OC)c2)C1)N1CCc2ccccc2C1. The Kier molecular flexibility index (Phi) is 5.70. The van der Waals surface area contributed by atoms with Crippen molar-refractivity contribution in [2.75, 3.05) is 45.2 Å². The van der Waals surface area contributed by atoms with Crippen molar-refractivity contribution in [2.45, 2.75) is 19.4 Å². The summed E-state index contributed by atoms with van der Waals surface area (Å²) >= 11 is 0. The van der Waals surface area contributed by atoms with E-state index in [0.717, 1.165) is 50.9 Å². The first-order chi connectivity index (χ1) is 13.8. The van der Waals surface area contributed by atoms with Crippen molar-refractivity contribution >= 4 is 11.6 Å². The Morgan fingerprint density at radius 3 is 2.82 bits per heavy atom. The Hall–Kier alpha value is -2.69. The number of nitrogens with one attached hydrogen (secondary N) is 1. The number of nitrogens with zero attached hydrogens (tertiary/aromatic N) is 3. The highest BCUT2D eigenvalue weighted by molar-refractivity contribution is 5.80. The van der Waals surface area contributed by atoms with E-state index < -0.39 is 0 Å². The summed E-state index contributed by atoms with van der Waals surface area (Å²) in [6, 6.07) is 17.1. The van der Waals surface area contributed by atoms with E-state index in [1.165, 1.54) is 23.2 Å². The number of hydrogen-bond acceptors (Lipinski definition) is 3. The Balaban J connectivity index is 1.32. The van der Waals surface area contributed by atoms with Crippen molar-refractivity contribution in [3.05, 3.63) is 59.7 Å². The van der Waals surface area contributed by atoms with Crippen molar-refractivity contribution in [1.82, 2.24) is 10.2 Å². The fraction of sp³-hybridized carbons (Fsp3) is 0.435. The third-order valence-electron chi connectivity index (χ3n) is 5.90. The van der Waals surface area contributed by atoms with E-state index in [2.05, 4.69) is 62.6 Å². The molecule has 0 amide bonds. The zero-order chi connectivity index (χ0) is 19.3. The maximum atomic E-state index is 5.37. The molecule has 4 rings (SSSR count). The first-order valence-electron chi connectivity index (χ1n) is 10.2. The second kappa shape index (κ2) is 8.55. The van der Waals surface area contributed by atoms with Crippen LogP contribution in [-0.4, -0.2) is 51.2 Å². The summed E-state index contributed by atoms with van der Waals surface area (Å²) in [5.41, 5.74) is 4.14. The van der Waals surface area contributed by atoms with Gasteiger partial charge in [0, 0.05) is 51.5 Å². The van der Waals surface area contributed by atoms with Crippen LogP contribution >= 0.6 is 0 Å². The lowest BCUT2D eigenvalue weighted by Crippen LogP contribution is -2.45. The van der Waals surface area contributed by atoms with E-state index in [4.69, 9.17) is 4.74 Å². The molecule has 1 saturated heterocycles. The number of rotatable bonds is 4. The van der Waals surface area contributed by atoms with Crippen molar-refractivity contribution in [3.8, 4) is 5.75 Å². The molecule has 1 N–H and O–H groups in total. The van der Waals surface area contributed by atoms with Gasteiger partial charge < -0.3 is 19.9 Å². The molecule has 5 nitrogen and oxygen atoms in total. The molecule has 2 aliphatic heterocycles. The van der Waals surface area contributed by atoms with Crippen LogP contribution in [0.3, 0.4) is 0 Å². The van der Waals surface area contributed by atoms with Gasteiger partial charge in [-0.2, -0.15) is 0 Å². The molecule has 5 heteroatoms. The average Bonchev–Trinajstić information content (AvgIpc) is 3.23. The molecule has 0 radical (unpaired) electrons. The second-order valence-electron chi connectivity index (χ2n) is 7.67. The molecule has 28 heavy (non-hydrogen) atoms. The summed E-state index contributed by atoms with van der Waals surface area (Å²) in [4.78, 5) is 9.37. The van der Waals surface area contributed by atoms with Gasteiger partial charge in [0.05, 0.1) is 7.11 Å². The van der Waals surface area contributed by atoms with Gasteiger partial charge in [-0.15, -0.1) is 0 Å². The van der Waals surface area contributed by atoms with Gasteiger partial charge in [-0.25, -0.2) is 0 Å². The molecule has 1 unspecified atom stereocenters. The van der Waals surface area contributed by atoms with E-state index in [1.807, 2.05) is 13.1 Å². The van der Waals surface area contributed by atoms with Gasteiger partial charge in [-0.3, -0.25) is 4.99 Å². The van der Waals surface area contributed by atoms with E-state index in [-0.39, 0.29) is 0 Å². The van der Waals surface area contributed by atoms with Crippen LogP contribution in [0.5, 0.6) is 5.75 Å². The minimum atomic E-state index is 0.625. The maximum Gasteiger partial charge on any atom is 0.193 e. The van der Waals surface area contributed by atoms with Crippen LogP contribution in [0.25, 0.3) is 0 Å². The molecule has 0 spiro atoms. The van der Waals surface area contributed by atoms with Crippen LogP contribution in [0.4, 0.5) is 5.69 Å². The third kappa shape index (κ3) is 4.08. The molecule has 148 valence electrons. The van der Waals surface area contributed by atoms with Gasteiger partial charge in [0.25, 0.3) is 0 Å². The molecule has 1 fully saturated rings. The third-order valence-corrected chi connectivity index (χ3v) is 5.90. The molecule has 0 saturated carbocycles. The highest BCUT2D eigenvalue weighted by Crippen LogP contribution is 2.26. The lowest BCUT2D eigenvalue weighted by atomic mass is 10.0. The molecule has 2 heterocycles. The number of benzene rings is 2. The highest BCUT2D eigenvalue weighted by atomic mass is 16.5. The number of hydrogen-bond donors (Lipinski definition) is 1. The van der Waals surface area contributed by atoms with Crippen molar-refractivity contribution in [2.24, 2.45) is 10.9 Å². The van der Waals surface area contributed by atoms with Crippen LogP contribution in [0.2, 0.25) is 0 Å². The second-order valence-corrected chi connectivity index (χ2v) is 7.67. The molecule has 0 aromatic heterocycles. The molecule has 2 aromatic carbocycles. The highest BCUT2D eigenvalue weighted by Gasteiger charge is 2.24. The van der Waals surface area contributed by atoms with Crippen molar-refractivity contribution in [3.63, 3.8) is 0 Å². The molecular weight excluding hydrogens is 348 g/mol. The molecule has 2 aliphatic rings. The van der Waals surface area contributed by atoms with Crippen LogP contribution in [0.15, 0.2) is 53.5 Å². The Morgan fingerprint density at radius 1 is 1.14 bits per heavy atom. The van der Waals surface area contributed by atoms with Gasteiger partial charge in [0.15, 0.2) is 5.96 Å². The normalized spacial score (nSPS) is 19.5. The lowest BCUT2D eigenvalue weighted by Gasteiger charge is -2.32.